The number of benzene rings is 2. The van der Waals surface area contributed by atoms with Gasteiger partial charge in [-0.2, -0.15) is 5.10 Å². The second kappa shape index (κ2) is 11.0. The van der Waals surface area contributed by atoms with Gasteiger partial charge in [-0.15, -0.1) is 0 Å². The first-order valence-corrected chi connectivity index (χ1v) is 15.2. The van der Waals surface area contributed by atoms with Crippen molar-refractivity contribution in [1.29, 1.82) is 0 Å². The molecule has 1 unspecified atom stereocenters. The van der Waals surface area contributed by atoms with Crippen LogP contribution in [0.15, 0.2) is 53.4 Å². The van der Waals surface area contributed by atoms with Gasteiger partial charge in [0.05, 0.1) is 40.4 Å². The molecule has 0 spiro atoms. The van der Waals surface area contributed by atoms with Gasteiger partial charge in [0.1, 0.15) is 0 Å². The number of carbonyl (C=O) groups is 1. The van der Waals surface area contributed by atoms with Gasteiger partial charge in [0.15, 0.2) is 9.84 Å². The number of hydrogen-bond acceptors (Lipinski definition) is 5. The molecule has 5 rings (SSSR count). The minimum atomic E-state index is -3.82. The first kappa shape index (κ1) is 26.0. The molecule has 1 atom stereocenters. The Hall–Kier alpha value is -2.64. The van der Waals surface area contributed by atoms with E-state index in [1.165, 1.54) is 31.2 Å². The maximum Gasteiger partial charge on any atom is 0.339 e. The van der Waals surface area contributed by atoms with E-state index in [-0.39, 0.29) is 28.0 Å². The number of aromatic nitrogens is 2. The number of methoxy groups -OCH3 is 1. The van der Waals surface area contributed by atoms with E-state index in [1.54, 1.807) is 12.1 Å². The van der Waals surface area contributed by atoms with Gasteiger partial charge < -0.3 is 4.74 Å². The molecule has 0 radical (unpaired) electrons. The molecule has 0 N–H and O–H groups in total. The van der Waals surface area contributed by atoms with E-state index in [1.807, 2.05) is 28.9 Å². The topological polar surface area (TPSA) is 78.3 Å². The molecule has 1 saturated carbocycles. The maximum absolute atomic E-state index is 14.0. The Bertz CT molecular complexity index is 1380. The molecule has 8 heteroatoms. The molecule has 2 aromatic carbocycles. The van der Waals surface area contributed by atoms with Crippen LogP contribution in [-0.2, 0) is 27.4 Å². The molecule has 6 nitrogen and oxygen atoms in total. The minimum absolute atomic E-state index is 0.0362. The van der Waals surface area contributed by atoms with Crippen molar-refractivity contribution < 1.29 is 17.9 Å². The van der Waals surface area contributed by atoms with Crippen LogP contribution in [0.25, 0.3) is 5.69 Å². The number of ether oxygens (including phenoxy) is 1. The molecule has 2 aliphatic rings. The second-order valence-corrected chi connectivity index (χ2v) is 12.6. The van der Waals surface area contributed by atoms with Crippen molar-refractivity contribution in [3.8, 4) is 5.69 Å². The summed E-state index contributed by atoms with van der Waals surface area (Å²) < 4.78 is 34.9. The number of aryl methyl sites for hydroxylation is 1. The zero-order valence-electron chi connectivity index (χ0n) is 21.2. The largest absolute Gasteiger partial charge is 0.465 e. The van der Waals surface area contributed by atoms with Gasteiger partial charge in [-0.1, -0.05) is 43.0 Å². The zero-order valence-corrected chi connectivity index (χ0v) is 22.7. The third-order valence-corrected chi connectivity index (χ3v) is 9.94. The van der Waals surface area contributed by atoms with Crippen LogP contribution in [0.2, 0.25) is 5.02 Å². The number of hydrogen-bond donors (Lipinski definition) is 0. The summed E-state index contributed by atoms with van der Waals surface area (Å²) >= 11 is 6.18. The smallest absolute Gasteiger partial charge is 0.339 e. The Balaban J connectivity index is 1.65. The fourth-order valence-corrected chi connectivity index (χ4v) is 8.04. The molecule has 1 heterocycles. The highest BCUT2D eigenvalue weighted by Crippen LogP contribution is 2.42. The fourth-order valence-electron chi connectivity index (χ4n) is 6.06. The molecule has 196 valence electrons. The molecular weight excluding hydrogens is 508 g/mol. The predicted molar refractivity (Wildman–Crippen MR) is 144 cm³/mol. The molecule has 3 aromatic rings. The van der Waals surface area contributed by atoms with E-state index in [4.69, 9.17) is 21.4 Å². The van der Waals surface area contributed by atoms with E-state index in [2.05, 4.69) is 0 Å². The third-order valence-electron chi connectivity index (χ3n) is 7.86. The van der Waals surface area contributed by atoms with Gasteiger partial charge in [-0.25, -0.2) is 17.9 Å². The van der Waals surface area contributed by atoms with Crippen molar-refractivity contribution in [2.45, 2.75) is 68.6 Å². The number of halogens is 1. The van der Waals surface area contributed by atoms with Crippen LogP contribution in [0.5, 0.6) is 0 Å². The highest BCUT2D eigenvalue weighted by molar-refractivity contribution is 7.91. The van der Waals surface area contributed by atoms with E-state index in [0.717, 1.165) is 68.4 Å². The third kappa shape index (κ3) is 5.34. The summed E-state index contributed by atoms with van der Waals surface area (Å²) in [5.41, 5.74) is 4.27. The lowest BCUT2D eigenvalue weighted by Crippen LogP contribution is -2.28. The Morgan fingerprint density at radius 2 is 1.73 bits per heavy atom. The van der Waals surface area contributed by atoms with Crippen LogP contribution in [-0.4, -0.2) is 37.0 Å². The highest BCUT2D eigenvalue weighted by atomic mass is 35.5. The standard InChI is InChI=1S/C29H33ClN2O4S/c1-36-29(33)24-12-6-8-14-27(24)37(34,35)19-25(20-9-3-2-4-10-20)28-23-11-5-7-13-26(23)31-32(28)22-17-15-21(30)16-18-22/h6,8,12,14-18,20,25H,2-5,7,9-11,13,19H2,1H3. The number of carbonyl (C=O) groups excluding carboxylic acids is 1. The molecular formula is C29H33ClN2O4S. The number of esters is 1. The molecule has 1 aromatic heterocycles. The van der Waals surface area contributed by atoms with Gasteiger partial charge in [0, 0.05) is 10.9 Å². The van der Waals surface area contributed by atoms with Gasteiger partial charge >= 0.3 is 5.97 Å². The molecule has 0 aliphatic heterocycles. The Labute approximate surface area is 223 Å². The van der Waals surface area contributed by atoms with Crippen molar-refractivity contribution in [3.05, 3.63) is 76.1 Å². The first-order valence-electron chi connectivity index (χ1n) is 13.2. The van der Waals surface area contributed by atoms with Crippen molar-refractivity contribution in [2.75, 3.05) is 12.9 Å². The van der Waals surface area contributed by atoms with Gasteiger partial charge in [0.25, 0.3) is 0 Å². The van der Waals surface area contributed by atoms with Gasteiger partial charge in [0.2, 0.25) is 0 Å². The number of sulfone groups is 1. The van der Waals surface area contributed by atoms with Crippen molar-refractivity contribution in [1.82, 2.24) is 9.78 Å². The fraction of sp³-hybridized carbons (Fsp3) is 0.448. The van der Waals surface area contributed by atoms with Crippen LogP contribution in [0.4, 0.5) is 0 Å². The zero-order chi connectivity index (χ0) is 26.0. The lowest BCUT2D eigenvalue weighted by Gasteiger charge is -2.32. The molecule has 0 amide bonds. The number of rotatable bonds is 7. The van der Waals surface area contributed by atoms with Crippen LogP contribution in [0.3, 0.4) is 0 Å². The molecule has 1 fully saturated rings. The normalized spacial score (nSPS) is 17.2. The average molecular weight is 541 g/mol. The summed E-state index contributed by atoms with van der Waals surface area (Å²) in [4.78, 5) is 12.5. The predicted octanol–water partition coefficient (Wildman–Crippen LogP) is 6.33. The van der Waals surface area contributed by atoms with Crippen LogP contribution in [0.1, 0.15) is 78.2 Å². The first-order chi connectivity index (χ1) is 17.9. The van der Waals surface area contributed by atoms with Gasteiger partial charge in [-0.05, 0) is 86.4 Å². The van der Waals surface area contributed by atoms with Crippen LogP contribution < -0.4 is 0 Å². The second-order valence-electron chi connectivity index (χ2n) is 10.2. The van der Waals surface area contributed by atoms with Crippen molar-refractivity contribution in [3.63, 3.8) is 0 Å². The Kier molecular flexibility index (Phi) is 7.72. The molecule has 0 bridgehead atoms. The quantitative estimate of drug-likeness (QED) is 0.327. The van der Waals surface area contributed by atoms with E-state index in [0.29, 0.717) is 5.02 Å². The summed E-state index contributed by atoms with van der Waals surface area (Å²) in [6, 6.07) is 14.0. The molecule has 2 aliphatic carbocycles. The lowest BCUT2D eigenvalue weighted by molar-refractivity contribution is 0.0596. The lowest BCUT2D eigenvalue weighted by atomic mass is 9.77. The highest BCUT2D eigenvalue weighted by Gasteiger charge is 2.37. The van der Waals surface area contributed by atoms with Crippen molar-refractivity contribution >= 4 is 27.4 Å². The Morgan fingerprint density at radius 3 is 2.46 bits per heavy atom. The van der Waals surface area contributed by atoms with E-state index < -0.39 is 15.8 Å². The summed E-state index contributed by atoms with van der Waals surface area (Å²) in [5, 5.41) is 5.68. The molecule has 37 heavy (non-hydrogen) atoms. The summed E-state index contributed by atoms with van der Waals surface area (Å²) in [5.74, 6) is -0.724. The summed E-state index contributed by atoms with van der Waals surface area (Å²) in [6.45, 7) is 0. The van der Waals surface area contributed by atoms with Crippen LogP contribution in [0, 0.1) is 5.92 Å². The Morgan fingerprint density at radius 1 is 1.03 bits per heavy atom. The molecule has 0 saturated heterocycles. The summed E-state index contributed by atoms with van der Waals surface area (Å²) in [6.07, 6.45) is 9.30. The van der Waals surface area contributed by atoms with E-state index in [9.17, 15) is 13.2 Å². The minimum Gasteiger partial charge on any atom is -0.465 e. The number of nitrogens with zero attached hydrogens (tertiary/aromatic N) is 2. The number of fused-ring (bicyclic) bond motifs is 1. The maximum atomic E-state index is 14.0. The SMILES string of the molecule is COC(=O)c1ccccc1S(=O)(=O)CC(c1c2c(nn1-c1ccc(Cl)cc1)CCCC2)C1CCCCC1. The summed E-state index contributed by atoms with van der Waals surface area (Å²) in [7, 11) is -2.54. The van der Waals surface area contributed by atoms with E-state index >= 15 is 0 Å². The monoisotopic (exact) mass is 540 g/mol. The van der Waals surface area contributed by atoms with Crippen LogP contribution >= 0.6 is 11.6 Å². The van der Waals surface area contributed by atoms with Gasteiger partial charge in [-0.3, -0.25) is 0 Å². The average Bonchev–Trinajstić information content (AvgIpc) is 3.31. The van der Waals surface area contributed by atoms with Crippen molar-refractivity contribution in [2.24, 2.45) is 5.92 Å².